The van der Waals surface area contributed by atoms with Gasteiger partial charge in [-0.25, -0.2) is 9.59 Å². The fraction of sp³-hybridized carbons (Fsp3) is 0.292. The van der Waals surface area contributed by atoms with E-state index >= 15 is 0 Å². The summed E-state index contributed by atoms with van der Waals surface area (Å²) in [4.78, 5) is 65.6. The Kier molecular flexibility index (Phi) is 5.82. The van der Waals surface area contributed by atoms with Gasteiger partial charge in [0.05, 0.1) is 11.3 Å². The van der Waals surface area contributed by atoms with E-state index in [0.717, 1.165) is 11.1 Å². The van der Waals surface area contributed by atoms with Crippen LogP contribution in [0, 0.1) is 13.8 Å². The van der Waals surface area contributed by atoms with Gasteiger partial charge in [0.15, 0.2) is 6.61 Å². The molecule has 34 heavy (non-hydrogen) atoms. The van der Waals surface area contributed by atoms with E-state index in [-0.39, 0.29) is 18.7 Å². The van der Waals surface area contributed by atoms with E-state index in [9.17, 15) is 24.0 Å². The number of rotatable bonds is 4. The first-order chi connectivity index (χ1) is 16.1. The summed E-state index contributed by atoms with van der Waals surface area (Å²) in [6.07, 6.45) is 0.0573. The maximum absolute atomic E-state index is 13.2. The summed E-state index contributed by atoms with van der Waals surface area (Å²) in [5.41, 5.74) is 1.46. The molecule has 0 aliphatic carbocycles. The molecule has 0 bridgehead atoms. The van der Waals surface area contributed by atoms with E-state index in [4.69, 9.17) is 4.74 Å². The third kappa shape index (κ3) is 3.76. The van der Waals surface area contributed by atoms with Gasteiger partial charge in [-0.2, -0.15) is 0 Å². The number of anilines is 2. The van der Waals surface area contributed by atoms with Gasteiger partial charge in [-0.05, 0) is 49.2 Å². The van der Waals surface area contributed by atoms with Crippen LogP contribution in [0.5, 0.6) is 0 Å². The Bertz CT molecular complexity index is 1230. The van der Waals surface area contributed by atoms with E-state index in [2.05, 4.69) is 10.6 Å². The van der Waals surface area contributed by atoms with Gasteiger partial charge in [-0.3, -0.25) is 24.6 Å². The van der Waals surface area contributed by atoms with E-state index in [1.165, 1.54) is 16.8 Å². The number of ether oxygens (including phenoxy) is 1. The Morgan fingerprint density at radius 3 is 2.53 bits per heavy atom. The first kappa shape index (κ1) is 23.0. The highest BCUT2D eigenvalue weighted by atomic mass is 16.5. The van der Waals surface area contributed by atoms with Crippen molar-refractivity contribution in [1.29, 1.82) is 0 Å². The van der Waals surface area contributed by atoms with Crippen LogP contribution < -0.4 is 15.5 Å². The van der Waals surface area contributed by atoms with E-state index in [1.807, 2.05) is 19.9 Å². The van der Waals surface area contributed by atoms with Crippen LogP contribution in [0.1, 0.15) is 34.3 Å². The molecule has 2 heterocycles. The predicted octanol–water partition coefficient (Wildman–Crippen LogP) is 2.10. The van der Waals surface area contributed by atoms with Crippen LogP contribution >= 0.6 is 0 Å². The van der Waals surface area contributed by atoms with Crippen LogP contribution in [0.25, 0.3) is 0 Å². The van der Waals surface area contributed by atoms with Crippen molar-refractivity contribution in [2.24, 2.45) is 0 Å². The van der Waals surface area contributed by atoms with Gasteiger partial charge in [0.2, 0.25) is 11.6 Å². The molecule has 10 nitrogen and oxygen atoms in total. The number of hydrogen-bond donors (Lipinski definition) is 2. The molecule has 2 N–H and O–H groups in total. The smallest absolute Gasteiger partial charge is 0.354 e. The van der Waals surface area contributed by atoms with Gasteiger partial charge in [0.1, 0.15) is 0 Å². The predicted molar refractivity (Wildman–Crippen MR) is 122 cm³/mol. The molecule has 0 radical (unpaired) electrons. The zero-order valence-corrected chi connectivity index (χ0v) is 19.0. The second-order valence-electron chi connectivity index (χ2n) is 8.30. The molecule has 4 rings (SSSR count). The summed E-state index contributed by atoms with van der Waals surface area (Å²) in [5.74, 6) is -2.54. The fourth-order valence-electron chi connectivity index (χ4n) is 4.28. The molecule has 1 unspecified atom stereocenters. The number of esters is 1. The fourth-order valence-corrected chi connectivity index (χ4v) is 4.28. The summed E-state index contributed by atoms with van der Waals surface area (Å²) >= 11 is 0. The number of urea groups is 1. The van der Waals surface area contributed by atoms with Crippen molar-refractivity contribution in [2.45, 2.75) is 32.4 Å². The summed E-state index contributed by atoms with van der Waals surface area (Å²) in [6, 6.07) is 11.0. The minimum Gasteiger partial charge on any atom is -0.452 e. The van der Waals surface area contributed by atoms with E-state index in [1.54, 1.807) is 36.4 Å². The number of hydrogen-bond acceptors (Lipinski definition) is 6. The van der Waals surface area contributed by atoms with Gasteiger partial charge in [-0.1, -0.05) is 18.2 Å². The molecule has 2 aliphatic heterocycles. The summed E-state index contributed by atoms with van der Waals surface area (Å²) in [7, 11) is 1.42. The lowest BCUT2D eigenvalue weighted by Crippen LogP contribution is -2.67. The second kappa shape index (κ2) is 8.62. The number of likely N-dealkylation sites (N-methyl/N-ethyl adjacent to an activating group) is 1. The first-order valence-electron chi connectivity index (χ1n) is 10.7. The highest BCUT2D eigenvalue weighted by Crippen LogP contribution is 2.44. The molecule has 1 atom stereocenters. The Labute approximate surface area is 195 Å². The van der Waals surface area contributed by atoms with Crippen molar-refractivity contribution in [1.82, 2.24) is 10.2 Å². The molecule has 2 aromatic carbocycles. The molecule has 1 saturated heterocycles. The van der Waals surface area contributed by atoms with Gasteiger partial charge < -0.3 is 15.0 Å². The lowest BCUT2D eigenvalue weighted by atomic mass is 9.97. The molecule has 0 spiro atoms. The number of amides is 5. The van der Waals surface area contributed by atoms with Crippen molar-refractivity contribution in [2.75, 3.05) is 23.9 Å². The van der Waals surface area contributed by atoms with Crippen LogP contribution in [0.2, 0.25) is 0 Å². The largest absolute Gasteiger partial charge is 0.452 e. The minimum absolute atomic E-state index is 0.0239. The van der Waals surface area contributed by atoms with Crippen LogP contribution in [-0.2, 0) is 19.1 Å². The molecule has 176 valence electrons. The molecule has 0 aromatic heterocycles. The number of imide groups is 1. The number of aryl methyl sites for hydroxylation is 2. The number of fused-ring (bicyclic) bond motifs is 3. The Hall–Kier alpha value is -4.21. The molecule has 2 aliphatic rings. The molecule has 5 amide bonds. The van der Waals surface area contributed by atoms with Gasteiger partial charge >= 0.3 is 12.0 Å². The summed E-state index contributed by atoms with van der Waals surface area (Å²) in [5, 5.41) is 4.64. The highest BCUT2D eigenvalue weighted by molar-refractivity contribution is 6.15. The zero-order chi connectivity index (χ0) is 24.6. The molecular weight excluding hydrogens is 440 g/mol. The standard InChI is InChI=1S/C24H24N4O6/c1-14-8-9-16(12-15(14)2)25-23(33)26-19(29)13-34-22(32)24-11-10-20(30)28(24)18-7-5-4-6-17(18)21(31)27(24)3/h4-9,12H,10-11,13H2,1-3H3,(H2,25,26,29,33). The van der Waals surface area contributed by atoms with Crippen molar-refractivity contribution in [3.63, 3.8) is 0 Å². The number of carbonyl (C=O) groups excluding carboxylic acids is 5. The van der Waals surface area contributed by atoms with Crippen molar-refractivity contribution in [3.8, 4) is 0 Å². The van der Waals surface area contributed by atoms with Crippen LogP contribution in [0.3, 0.4) is 0 Å². The molecule has 10 heteroatoms. The third-order valence-electron chi connectivity index (χ3n) is 6.22. The van der Waals surface area contributed by atoms with E-state index in [0.29, 0.717) is 16.9 Å². The van der Waals surface area contributed by atoms with E-state index < -0.39 is 36.1 Å². The molecule has 1 fully saturated rings. The summed E-state index contributed by atoms with van der Waals surface area (Å²) in [6.45, 7) is 3.07. The highest BCUT2D eigenvalue weighted by Gasteiger charge is 2.60. The minimum atomic E-state index is -1.69. The Morgan fingerprint density at radius 2 is 1.79 bits per heavy atom. The number of benzene rings is 2. The Morgan fingerprint density at radius 1 is 1.06 bits per heavy atom. The maximum atomic E-state index is 13.2. The normalized spacial score (nSPS) is 18.8. The molecule has 0 saturated carbocycles. The third-order valence-corrected chi connectivity index (χ3v) is 6.22. The SMILES string of the molecule is Cc1ccc(NC(=O)NC(=O)COC(=O)C23CCC(=O)N2c2ccccc2C(=O)N3C)cc1C. The topological polar surface area (TPSA) is 125 Å². The average Bonchev–Trinajstić information content (AvgIpc) is 3.16. The second-order valence-corrected chi connectivity index (χ2v) is 8.30. The molecular formula is C24H24N4O6. The van der Waals surface area contributed by atoms with Gasteiger partial charge in [0.25, 0.3) is 11.8 Å². The zero-order valence-electron chi connectivity index (χ0n) is 19.0. The first-order valence-corrected chi connectivity index (χ1v) is 10.7. The van der Waals surface area contributed by atoms with Gasteiger partial charge in [-0.15, -0.1) is 0 Å². The van der Waals surface area contributed by atoms with Crippen LogP contribution in [-0.4, -0.2) is 53.9 Å². The quantitative estimate of drug-likeness (QED) is 0.668. The van der Waals surface area contributed by atoms with Crippen LogP contribution in [0.15, 0.2) is 42.5 Å². The lowest BCUT2D eigenvalue weighted by Gasteiger charge is -2.46. The van der Waals surface area contributed by atoms with Crippen molar-refractivity contribution >= 4 is 41.1 Å². The number of carbonyl (C=O) groups is 5. The summed E-state index contributed by atoms with van der Waals surface area (Å²) < 4.78 is 5.20. The monoisotopic (exact) mass is 464 g/mol. The number of nitrogens with one attached hydrogen (secondary N) is 2. The van der Waals surface area contributed by atoms with Crippen molar-refractivity contribution in [3.05, 3.63) is 59.2 Å². The number of para-hydroxylation sites is 1. The number of nitrogens with zero attached hydrogens (tertiary/aromatic N) is 2. The van der Waals surface area contributed by atoms with Crippen molar-refractivity contribution < 1.29 is 28.7 Å². The van der Waals surface area contributed by atoms with Gasteiger partial charge in [0, 0.05) is 25.6 Å². The maximum Gasteiger partial charge on any atom is 0.354 e. The average molecular weight is 464 g/mol. The molecule has 2 aromatic rings. The lowest BCUT2D eigenvalue weighted by molar-refractivity contribution is -0.159. The van der Waals surface area contributed by atoms with Crippen LogP contribution in [0.4, 0.5) is 16.2 Å². The Balaban J connectivity index is 1.44.